The van der Waals surface area contributed by atoms with Crippen LogP contribution in [0.2, 0.25) is 0 Å². The molecule has 4 unspecified atom stereocenters. The fourth-order valence-corrected chi connectivity index (χ4v) is 8.32. The Bertz CT molecular complexity index is 1340. The van der Waals surface area contributed by atoms with Gasteiger partial charge in [-0.3, -0.25) is 9.79 Å². The predicted octanol–water partition coefficient (Wildman–Crippen LogP) is 6.54. The monoisotopic (exact) mass is 547 g/mol. The number of hydrogen-bond donors (Lipinski definition) is 1. The third-order valence-corrected chi connectivity index (χ3v) is 10.6. The zero-order chi connectivity index (χ0) is 27.4. The van der Waals surface area contributed by atoms with Crippen LogP contribution >= 0.6 is 0 Å². The molecule has 0 saturated carbocycles. The van der Waals surface area contributed by atoms with Gasteiger partial charge < -0.3 is 4.98 Å². The Morgan fingerprint density at radius 1 is 1.08 bits per heavy atom. The van der Waals surface area contributed by atoms with E-state index in [9.17, 15) is 13.2 Å². The van der Waals surface area contributed by atoms with Crippen molar-refractivity contribution in [1.82, 2.24) is 9.29 Å². The van der Waals surface area contributed by atoms with Gasteiger partial charge in [0.25, 0.3) is 0 Å². The number of aliphatic imine (C=N–C) groups is 1. The number of rotatable bonds is 9. The molecule has 0 radical (unpaired) electrons. The van der Waals surface area contributed by atoms with Gasteiger partial charge in [-0.15, -0.1) is 0 Å². The molecule has 2 bridgehead atoms. The first-order chi connectivity index (χ1) is 18.9. The van der Waals surface area contributed by atoms with Gasteiger partial charge in [0.15, 0.2) is 0 Å². The van der Waals surface area contributed by atoms with Gasteiger partial charge >= 0.3 is 0 Å². The minimum atomic E-state index is -3.76. The van der Waals surface area contributed by atoms with Crippen molar-refractivity contribution in [3.8, 4) is 0 Å². The number of benzene rings is 1. The van der Waals surface area contributed by atoms with Crippen molar-refractivity contribution >= 4 is 22.0 Å². The Morgan fingerprint density at radius 3 is 2.54 bits per heavy atom. The summed E-state index contributed by atoms with van der Waals surface area (Å²) in [4.78, 5) is 20.6. The molecule has 4 atom stereocenters. The summed E-state index contributed by atoms with van der Waals surface area (Å²) >= 11 is 0. The van der Waals surface area contributed by atoms with Gasteiger partial charge in [0, 0.05) is 23.9 Å². The maximum atomic E-state index is 14.4. The number of unbranched alkanes of at least 4 members (excludes halogenated alkanes) is 1. The van der Waals surface area contributed by atoms with Crippen LogP contribution in [0.15, 0.2) is 75.8 Å². The number of aldehydes is 1. The molecule has 1 N–H and O–H groups in total. The van der Waals surface area contributed by atoms with Crippen LogP contribution in [0.1, 0.15) is 82.4 Å². The number of aromatic nitrogens is 1. The second-order valence-electron chi connectivity index (χ2n) is 11.3. The quantitative estimate of drug-likeness (QED) is 0.286. The molecule has 3 heterocycles. The Balaban J connectivity index is 1.56. The van der Waals surface area contributed by atoms with E-state index in [2.05, 4.69) is 18.0 Å². The van der Waals surface area contributed by atoms with Crippen LogP contribution in [-0.2, 0) is 14.8 Å². The fourth-order valence-electron chi connectivity index (χ4n) is 6.53. The molecule has 6 nitrogen and oxygen atoms in total. The van der Waals surface area contributed by atoms with Crippen molar-refractivity contribution in [3.05, 3.63) is 77.2 Å². The van der Waals surface area contributed by atoms with Gasteiger partial charge in [0.05, 0.1) is 22.3 Å². The number of carbonyl (C=O) groups is 1. The minimum absolute atomic E-state index is 0.171. The number of fused-ring (bicyclic) bond motifs is 1. The predicted molar refractivity (Wildman–Crippen MR) is 156 cm³/mol. The number of nitrogens with zero attached hydrogens (tertiary/aromatic N) is 2. The zero-order valence-corrected chi connectivity index (χ0v) is 24.0. The second-order valence-corrected chi connectivity index (χ2v) is 13.2. The lowest BCUT2D eigenvalue weighted by atomic mass is 9.82. The number of sulfonamides is 1. The molecule has 5 rings (SSSR count). The molecule has 2 aromatic rings. The summed E-state index contributed by atoms with van der Waals surface area (Å²) in [6.45, 7) is 4.19. The van der Waals surface area contributed by atoms with Crippen LogP contribution in [0, 0.1) is 12.8 Å². The lowest BCUT2D eigenvalue weighted by Crippen LogP contribution is -2.44. The van der Waals surface area contributed by atoms with Crippen molar-refractivity contribution in [3.63, 3.8) is 0 Å². The largest absolute Gasteiger partial charge is 0.360 e. The van der Waals surface area contributed by atoms with Crippen molar-refractivity contribution in [2.45, 2.75) is 101 Å². The first-order valence-corrected chi connectivity index (χ1v) is 16.1. The molecule has 39 heavy (non-hydrogen) atoms. The number of nitrogens with one attached hydrogen (secondary N) is 1. The summed E-state index contributed by atoms with van der Waals surface area (Å²) in [7, 11) is -3.76. The highest BCUT2D eigenvalue weighted by atomic mass is 32.2. The first-order valence-electron chi connectivity index (χ1n) is 14.6. The number of aryl methyl sites for hydroxylation is 1. The van der Waals surface area contributed by atoms with Crippen LogP contribution in [0.5, 0.6) is 0 Å². The number of carbonyl (C=O) groups excluding carboxylic acids is 1. The third kappa shape index (κ3) is 5.90. The van der Waals surface area contributed by atoms with Crippen molar-refractivity contribution in [2.24, 2.45) is 10.9 Å². The van der Waals surface area contributed by atoms with Gasteiger partial charge in [0.1, 0.15) is 6.29 Å². The molecule has 1 aliphatic carbocycles. The molecule has 0 saturated heterocycles. The average molecular weight is 548 g/mol. The Hall–Kier alpha value is -2.77. The number of hydrogen-bond acceptors (Lipinski definition) is 4. The Kier molecular flexibility index (Phi) is 8.67. The molecule has 1 aromatic carbocycles. The smallest absolute Gasteiger partial charge is 0.244 e. The summed E-state index contributed by atoms with van der Waals surface area (Å²) in [5.74, 6) is 0.352. The van der Waals surface area contributed by atoms with Crippen molar-refractivity contribution in [1.29, 1.82) is 0 Å². The third-order valence-electron chi connectivity index (χ3n) is 8.62. The maximum Gasteiger partial charge on any atom is 0.244 e. The molecule has 1 aromatic heterocycles. The van der Waals surface area contributed by atoms with E-state index in [1.165, 1.54) is 18.4 Å². The SMILES string of the molecule is CCCCC1CCCCCCC2C=C1C(CC1N=C(c3ccc[nH]3)C=C1C=O)N2S(=O)(=O)c1ccc(C)cc1. The average Bonchev–Trinajstić information content (AvgIpc) is 3.67. The number of aromatic amines is 1. The van der Waals surface area contributed by atoms with E-state index in [0.717, 1.165) is 68.2 Å². The Labute approximate surface area is 233 Å². The number of allylic oxidation sites excluding steroid dienone is 1. The molecule has 3 aliphatic rings. The van der Waals surface area contributed by atoms with Crippen LogP contribution in [0.3, 0.4) is 0 Å². The van der Waals surface area contributed by atoms with E-state index in [-0.39, 0.29) is 18.1 Å². The second kappa shape index (κ2) is 12.2. The lowest BCUT2D eigenvalue weighted by molar-refractivity contribution is -0.105. The molecular weight excluding hydrogens is 506 g/mol. The molecule has 0 spiro atoms. The fraction of sp³-hybridized carbons (Fsp3) is 0.500. The highest BCUT2D eigenvalue weighted by Crippen LogP contribution is 2.43. The molecule has 7 heteroatoms. The van der Waals surface area contributed by atoms with Crippen molar-refractivity contribution < 1.29 is 13.2 Å². The normalized spacial score (nSPS) is 26.2. The van der Waals surface area contributed by atoms with Gasteiger partial charge in [-0.05, 0) is 68.9 Å². The molecule has 0 fully saturated rings. The summed E-state index contributed by atoms with van der Waals surface area (Å²) in [5.41, 5.74) is 4.52. The molecule has 208 valence electrons. The molecular formula is C32H41N3O3S. The molecule has 2 aliphatic heterocycles. The topological polar surface area (TPSA) is 82.6 Å². The standard InChI is InChI=1S/C32H41N3O3S/c1-3-4-10-24-11-7-5-6-8-12-26-20-28(24)32(35(26)39(37,38)27-16-14-23(2)15-17-27)21-30-25(22-36)19-31(34-30)29-13-9-18-33-29/h9,13-20,22,24,26,30,32-33H,3-8,10-12,21H2,1-2H3. The van der Waals surface area contributed by atoms with Gasteiger partial charge in [0.2, 0.25) is 10.0 Å². The van der Waals surface area contributed by atoms with Gasteiger partial charge in [-0.2, -0.15) is 4.31 Å². The van der Waals surface area contributed by atoms with Gasteiger partial charge in [-0.25, -0.2) is 8.42 Å². The lowest BCUT2D eigenvalue weighted by Gasteiger charge is -2.34. The zero-order valence-electron chi connectivity index (χ0n) is 23.2. The highest BCUT2D eigenvalue weighted by molar-refractivity contribution is 7.89. The van der Waals surface area contributed by atoms with Crippen LogP contribution in [0.4, 0.5) is 0 Å². The van der Waals surface area contributed by atoms with E-state index in [0.29, 0.717) is 22.8 Å². The Morgan fingerprint density at radius 2 is 1.85 bits per heavy atom. The summed E-state index contributed by atoms with van der Waals surface area (Å²) in [5, 5.41) is 0. The molecule has 0 amide bonds. The van der Waals surface area contributed by atoms with Crippen LogP contribution < -0.4 is 0 Å². The van der Waals surface area contributed by atoms with Gasteiger partial charge in [-0.1, -0.05) is 74.8 Å². The van der Waals surface area contributed by atoms with Crippen molar-refractivity contribution in [2.75, 3.05) is 0 Å². The van der Waals surface area contributed by atoms with E-state index in [1.807, 2.05) is 43.5 Å². The van der Waals surface area contributed by atoms with E-state index in [1.54, 1.807) is 16.4 Å². The first kappa shape index (κ1) is 27.8. The van der Waals surface area contributed by atoms with E-state index < -0.39 is 10.0 Å². The summed E-state index contributed by atoms with van der Waals surface area (Å²) < 4.78 is 30.5. The highest BCUT2D eigenvalue weighted by Gasteiger charge is 2.46. The minimum Gasteiger partial charge on any atom is -0.360 e. The van der Waals surface area contributed by atoms with Crippen LogP contribution in [0.25, 0.3) is 0 Å². The summed E-state index contributed by atoms with van der Waals surface area (Å²) in [6, 6.07) is 10.2. The summed E-state index contributed by atoms with van der Waals surface area (Å²) in [6.07, 6.45) is 17.1. The van der Waals surface area contributed by atoms with E-state index in [4.69, 9.17) is 4.99 Å². The van der Waals surface area contributed by atoms with Crippen LogP contribution in [-0.4, -0.2) is 47.8 Å². The van der Waals surface area contributed by atoms with E-state index >= 15 is 0 Å². The maximum absolute atomic E-state index is 14.4. The number of H-pyrrole nitrogens is 1.